The molecule has 78 valence electrons. The minimum absolute atomic E-state index is 0.443. The number of nitrogen functional groups attached to an aromatic ring is 1. The number of anilines is 1. The number of thioether (sulfide) groups is 1. The van der Waals surface area contributed by atoms with Gasteiger partial charge in [-0.2, -0.15) is 0 Å². The molecule has 0 bridgehead atoms. The second kappa shape index (κ2) is 3.45. The highest BCUT2D eigenvalue weighted by Gasteiger charge is 2.22. The third-order valence-electron chi connectivity index (χ3n) is 2.63. The Kier molecular flexibility index (Phi) is 2.09. The van der Waals surface area contributed by atoms with Gasteiger partial charge in [-0.15, -0.1) is 11.8 Å². The lowest BCUT2D eigenvalue weighted by molar-refractivity contribution is 0.519. The van der Waals surface area contributed by atoms with Gasteiger partial charge in [0.05, 0.1) is 5.25 Å². The number of oxazole rings is 1. The van der Waals surface area contributed by atoms with E-state index in [0.717, 1.165) is 22.7 Å². The van der Waals surface area contributed by atoms with Gasteiger partial charge in [0.1, 0.15) is 5.52 Å². The second-order valence-electron chi connectivity index (χ2n) is 3.78. The second-order valence-corrected chi connectivity index (χ2v) is 5.09. The van der Waals surface area contributed by atoms with E-state index in [1.54, 1.807) is 0 Å². The van der Waals surface area contributed by atoms with Crippen LogP contribution in [0.5, 0.6) is 0 Å². The highest BCUT2D eigenvalue weighted by molar-refractivity contribution is 7.99. The number of rotatable bonds is 1. The smallest absolute Gasteiger partial charge is 0.208 e. The van der Waals surface area contributed by atoms with E-state index in [1.807, 2.05) is 30.0 Å². The quantitative estimate of drug-likeness (QED) is 0.751. The number of hydrogen-bond donors (Lipinski definition) is 1. The topological polar surface area (TPSA) is 52.0 Å². The van der Waals surface area contributed by atoms with Gasteiger partial charge in [-0.05, 0) is 36.8 Å². The molecule has 0 amide bonds. The van der Waals surface area contributed by atoms with Gasteiger partial charge in [0, 0.05) is 5.69 Å². The minimum Gasteiger partial charge on any atom is -0.439 e. The Morgan fingerprint density at radius 3 is 3.20 bits per heavy atom. The maximum absolute atomic E-state index is 5.72. The van der Waals surface area contributed by atoms with E-state index >= 15 is 0 Å². The molecule has 1 aromatic heterocycles. The normalized spacial score (nSPS) is 21.2. The number of fused-ring (bicyclic) bond motifs is 1. The number of benzene rings is 1. The first-order valence-electron chi connectivity index (χ1n) is 5.10. The fourth-order valence-corrected chi connectivity index (χ4v) is 3.07. The van der Waals surface area contributed by atoms with Crippen molar-refractivity contribution in [1.29, 1.82) is 0 Å². The first kappa shape index (κ1) is 9.09. The fraction of sp³-hybridized carbons (Fsp3) is 0.364. The number of nitrogens with zero attached hydrogens (tertiary/aromatic N) is 1. The van der Waals surface area contributed by atoms with Gasteiger partial charge in [-0.3, -0.25) is 0 Å². The molecule has 1 aromatic carbocycles. The summed E-state index contributed by atoms with van der Waals surface area (Å²) in [7, 11) is 0. The average molecular weight is 220 g/mol. The van der Waals surface area contributed by atoms with Crippen molar-refractivity contribution in [3.05, 3.63) is 24.1 Å². The first-order chi connectivity index (χ1) is 7.33. The van der Waals surface area contributed by atoms with Crippen LogP contribution in [-0.2, 0) is 0 Å². The van der Waals surface area contributed by atoms with Crippen molar-refractivity contribution in [3.63, 3.8) is 0 Å². The molecule has 3 nitrogen and oxygen atoms in total. The van der Waals surface area contributed by atoms with Crippen molar-refractivity contribution >= 4 is 28.5 Å². The lowest BCUT2D eigenvalue weighted by atomic mass is 10.2. The summed E-state index contributed by atoms with van der Waals surface area (Å²) < 4.78 is 5.72. The molecule has 1 aliphatic rings. The summed E-state index contributed by atoms with van der Waals surface area (Å²) in [6.07, 6.45) is 2.43. The van der Waals surface area contributed by atoms with Crippen LogP contribution in [0.25, 0.3) is 11.1 Å². The summed E-state index contributed by atoms with van der Waals surface area (Å²) >= 11 is 1.93. The van der Waals surface area contributed by atoms with Crippen molar-refractivity contribution in [3.8, 4) is 0 Å². The lowest BCUT2D eigenvalue weighted by Gasteiger charge is -1.99. The van der Waals surface area contributed by atoms with Crippen LogP contribution in [0.4, 0.5) is 5.69 Å². The summed E-state index contributed by atoms with van der Waals surface area (Å²) in [5, 5.41) is 0.443. The molecule has 4 heteroatoms. The van der Waals surface area contributed by atoms with Crippen molar-refractivity contribution in [2.75, 3.05) is 11.5 Å². The van der Waals surface area contributed by atoms with Gasteiger partial charge in [0.15, 0.2) is 5.58 Å². The summed E-state index contributed by atoms with van der Waals surface area (Å²) in [5.74, 6) is 2.07. The van der Waals surface area contributed by atoms with Crippen LogP contribution in [0.2, 0.25) is 0 Å². The van der Waals surface area contributed by atoms with Crippen molar-refractivity contribution in [2.24, 2.45) is 0 Å². The summed E-state index contributed by atoms with van der Waals surface area (Å²) in [4.78, 5) is 4.49. The Bertz CT molecular complexity index is 488. The molecular weight excluding hydrogens is 208 g/mol. The van der Waals surface area contributed by atoms with Crippen LogP contribution in [0.15, 0.2) is 22.6 Å². The molecule has 0 spiro atoms. The van der Waals surface area contributed by atoms with Crippen molar-refractivity contribution in [1.82, 2.24) is 4.98 Å². The Morgan fingerprint density at radius 2 is 2.40 bits per heavy atom. The van der Waals surface area contributed by atoms with Gasteiger partial charge in [-0.1, -0.05) is 0 Å². The molecule has 0 saturated carbocycles. The molecule has 1 unspecified atom stereocenters. The van der Waals surface area contributed by atoms with Crippen molar-refractivity contribution in [2.45, 2.75) is 18.1 Å². The van der Waals surface area contributed by atoms with Crippen LogP contribution >= 0.6 is 11.8 Å². The van der Waals surface area contributed by atoms with Crippen LogP contribution in [0.3, 0.4) is 0 Å². The molecule has 3 rings (SSSR count). The van der Waals surface area contributed by atoms with E-state index < -0.39 is 0 Å². The fourth-order valence-electron chi connectivity index (χ4n) is 1.87. The van der Waals surface area contributed by atoms with Gasteiger partial charge in [0.2, 0.25) is 5.89 Å². The summed E-state index contributed by atoms with van der Waals surface area (Å²) in [5.41, 5.74) is 8.15. The largest absolute Gasteiger partial charge is 0.439 e. The van der Waals surface area contributed by atoms with Gasteiger partial charge in [0.25, 0.3) is 0 Å². The van der Waals surface area contributed by atoms with E-state index in [9.17, 15) is 0 Å². The molecule has 1 fully saturated rings. The maximum atomic E-state index is 5.72. The Balaban J connectivity index is 2.05. The summed E-state index contributed by atoms with van der Waals surface area (Å²) in [6, 6.07) is 5.60. The van der Waals surface area contributed by atoms with Gasteiger partial charge in [-0.25, -0.2) is 4.98 Å². The zero-order valence-corrected chi connectivity index (χ0v) is 9.09. The van der Waals surface area contributed by atoms with Crippen LogP contribution < -0.4 is 5.73 Å². The SMILES string of the molecule is Nc1ccc2oc(C3CCCS3)nc2c1. The standard InChI is InChI=1S/C11H12N2OS/c12-7-3-4-9-8(6-7)13-11(14-9)10-2-1-5-15-10/h3-4,6,10H,1-2,5,12H2. The zero-order valence-electron chi connectivity index (χ0n) is 8.27. The molecule has 0 aliphatic carbocycles. The van der Waals surface area contributed by atoms with Crippen LogP contribution in [-0.4, -0.2) is 10.7 Å². The molecule has 1 saturated heterocycles. The monoisotopic (exact) mass is 220 g/mol. The number of aromatic nitrogens is 1. The first-order valence-corrected chi connectivity index (χ1v) is 6.15. The third-order valence-corrected chi connectivity index (χ3v) is 4.00. The molecular formula is C11H12N2OS. The number of hydrogen-bond acceptors (Lipinski definition) is 4. The summed E-state index contributed by atoms with van der Waals surface area (Å²) in [6.45, 7) is 0. The predicted molar refractivity (Wildman–Crippen MR) is 62.9 cm³/mol. The van der Waals surface area contributed by atoms with E-state index in [2.05, 4.69) is 4.98 Å². The highest BCUT2D eigenvalue weighted by atomic mass is 32.2. The van der Waals surface area contributed by atoms with E-state index in [1.165, 1.54) is 18.6 Å². The maximum Gasteiger partial charge on any atom is 0.208 e. The Morgan fingerprint density at radius 1 is 1.47 bits per heavy atom. The van der Waals surface area contributed by atoms with Crippen molar-refractivity contribution < 1.29 is 4.42 Å². The Labute approximate surface area is 92.0 Å². The van der Waals surface area contributed by atoms with Crippen LogP contribution in [0, 0.1) is 0 Å². The van der Waals surface area contributed by atoms with Gasteiger partial charge < -0.3 is 10.2 Å². The van der Waals surface area contributed by atoms with Gasteiger partial charge >= 0.3 is 0 Å². The van der Waals surface area contributed by atoms with E-state index in [4.69, 9.17) is 10.2 Å². The molecule has 2 aromatic rings. The molecule has 1 aliphatic heterocycles. The molecule has 1 atom stereocenters. The van der Waals surface area contributed by atoms with Crippen LogP contribution in [0.1, 0.15) is 24.0 Å². The van der Waals surface area contributed by atoms with E-state index in [0.29, 0.717) is 5.25 Å². The molecule has 15 heavy (non-hydrogen) atoms. The number of nitrogens with two attached hydrogens (primary N) is 1. The molecule has 2 N–H and O–H groups in total. The third kappa shape index (κ3) is 1.59. The lowest BCUT2D eigenvalue weighted by Crippen LogP contribution is -1.87. The highest BCUT2D eigenvalue weighted by Crippen LogP contribution is 2.40. The Hall–Kier alpha value is -1.16. The molecule has 0 radical (unpaired) electrons. The van der Waals surface area contributed by atoms with E-state index in [-0.39, 0.29) is 0 Å². The minimum atomic E-state index is 0.443. The predicted octanol–water partition coefficient (Wildman–Crippen LogP) is 2.98. The average Bonchev–Trinajstić information content (AvgIpc) is 2.84. The zero-order chi connectivity index (χ0) is 10.3. The molecule has 2 heterocycles.